The van der Waals surface area contributed by atoms with Crippen molar-refractivity contribution in [2.45, 2.75) is 18.6 Å². The molecule has 5 rings (SSSR count). The van der Waals surface area contributed by atoms with Crippen LogP contribution in [0.4, 0.5) is 11.4 Å². The number of thiocarbonyl (C=S) groups is 1. The number of nitrogens with one attached hydrogen (secondary N) is 1. The maximum Gasteiger partial charge on any atom is 0.174 e. The Balaban J connectivity index is 1.58. The first-order valence-electron chi connectivity index (χ1n) is 10.9. The molecule has 1 fully saturated rings. The van der Waals surface area contributed by atoms with Gasteiger partial charge in [-0.25, -0.2) is 0 Å². The molecule has 0 bridgehead atoms. The van der Waals surface area contributed by atoms with Crippen molar-refractivity contribution in [1.82, 2.24) is 19.9 Å². The zero-order chi connectivity index (χ0) is 22.8. The zero-order valence-electron chi connectivity index (χ0n) is 18.7. The first kappa shape index (κ1) is 21.2. The Morgan fingerprint density at radius 1 is 0.970 bits per heavy atom. The molecule has 2 atom stereocenters. The van der Waals surface area contributed by atoms with E-state index in [-0.39, 0.29) is 12.1 Å². The molecule has 4 aromatic rings. The molecular weight excluding hydrogens is 428 g/mol. The standard InChI is InChI=1S/C26H26N6S/c1-30(2)20-10-12-21(13-11-20)32-25(24(29-26(32)33)22-8-3-4-15-28-22)23-9-6-16-31(23)18-19-7-5-14-27-17-19/h3-17,24-25H,18H2,1-2H3,(H,29,33)/t24-,25+/m1/s1. The molecule has 0 spiro atoms. The van der Waals surface area contributed by atoms with Gasteiger partial charge in [0.2, 0.25) is 0 Å². The summed E-state index contributed by atoms with van der Waals surface area (Å²) >= 11 is 5.87. The molecule has 166 valence electrons. The third kappa shape index (κ3) is 4.19. The van der Waals surface area contributed by atoms with Crippen LogP contribution in [0.3, 0.4) is 0 Å². The molecule has 3 aromatic heterocycles. The predicted octanol–water partition coefficient (Wildman–Crippen LogP) is 4.57. The van der Waals surface area contributed by atoms with E-state index in [1.165, 1.54) is 5.69 Å². The van der Waals surface area contributed by atoms with Gasteiger partial charge in [-0.1, -0.05) is 12.1 Å². The van der Waals surface area contributed by atoms with Crippen LogP contribution in [0.25, 0.3) is 0 Å². The van der Waals surface area contributed by atoms with E-state index in [1.807, 2.05) is 44.7 Å². The third-order valence-corrected chi connectivity index (χ3v) is 6.30. The summed E-state index contributed by atoms with van der Waals surface area (Å²) in [5.74, 6) is 0. The molecule has 0 radical (unpaired) electrons. The second-order valence-corrected chi connectivity index (χ2v) is 8.72. The second-order valence-electron chi connectivity index (χ2n) is 8.33. The fraction of sp³-hybridized carbons (Fsp3) is 0.192. The number of anilines is 2. The number of hydrogen-bond donors (Lipinski definition) is 1. The van der Waals surface area contributed by atoms with E-state index in [4.69, 9.17) is 12.2 Å². The van der Waals surface area contributed by atoms with Gasteiger partial charge >= 0.3 is 0 Å². The van der Waals surface area contributed by atoms with Gasteiger partial charge < -0.3 is 19.7 Å². The van der Waals surface area contributed by atoms with Crippen molar-refractivity contribution in [3.8, 4) is 0 Å². The molecular formula is C26H26N6S. The van der Waals surface area contributed by atoms with Crippen LogP contribution >= 0.6 is 12.2 Å². The van der Waals surface area contributed by atoms with Crippen LogP contribution in [-0.4, -0.2) is 33.7 Å². The summed E-state index contributed by atoms with van der Waals surface area (Å²) < 4.78 is 2.27. The van der Waals surface area contributed by atoms with Crippen molar-refractivity contribution in [3.05, 3.63) is 108 Å². The smallest absolute Gasteiger partial charge is 0.174 e. The Bertz CT molecular complexity index is 1220. The molecule has 0 aliphatic carbocycles. The van der Waals surface area contributed by atoms with E-state index < -0.39 is 0 Å². The van der Waals surface area contributed by atoms with E-state index >= 15 is 0 Å². The SMILES string of the molecule is CN(C)c1ccc(N2C(=S)N[C@H](c3ccccn3)[C@@H]2c2cccn2Cc2cccnc2)cc1. The zero-order valence-corrected chi connectivity index (χ0v) is 19.5. The van der Waals surface area contributed by atoms with Gasteiger partial charge in [0.25, 0.3) is 0 Å². The molecule has 0 saturated carbocycles. The lowest BCUT2D eigenvalue weighted by molar-refractivity contribution is 0.533. The highest BCUT2D eigenvalue weighted by molar-refractivity contribution is 7.80. The monoisotopic (exact) mass is 454 g/mol. The predicted molar refractivity (Wildman–Crippen MR) is 136 cm³/mol. The van der Waals surface area contributed by atoms with Gasteiger partial charge in [-0.2, -0.15) is 0 Å². The Morgan fingerprint density at radius 3 is 2.52 bits per heavy atom. The van der Waals surface area contributed by atoms with Gasteiger partial charge in [0.1, 0.15) is 6.04 Å². The van der Waals surface area contributed by atoms with Crippen molar-refractivity contribution < 1.29 is 0 Å². The van der Waals surface area contributed by atoms with Crippen LogP contribution in [0.5, 0.6) is 0 Å². The largest absolute Gasteiger partial charge is 0.378 e. The third-order valence-electron chi connectivity index (χ3n) is 5.99. The number of nitrogens with zero attached hydrogens (tertiary/aromatic N) is 5. The lowest BCUT2D eigenvalue weighted by Gasteiger charge is -2.29. The minimum atomic E-state index is -0.0743. The number of rotatable bonds is 6. The normalized spacial score (nSPS) is 17.8. The summed E-state index contributed by atoms with van der Waals surface area (Å²) in [7, 11) is 4.09. The van der Waals surface area contributed by atoms with Crippen molar-refractivity contribution in [2.75, 3.05) is 23.9 Å². The minimum absolute atomic E-state index is 0.0516. The molecule has 6 nitrogen and oxygen atoms in total. The molecule has 1 saturated heterocycles. The van der Waals surface area contributed by atoms with Crippen molar-refractivity contribution in [2.24, 2.45) is 0 Å². The molecule has 0 unspecified atom stereocenters. The average molecular weight is 455 g/mol. The topological polar surface area (TPSA) is 49.2 Å². The maximum absolute atomic E-state index is 5.87. The molecule has 33 heavy (non-hydrogen) atoms. The molecule has 1 N–H and O–H groups in total. The van der Waals surface area contributed by atoms with Gasteiger partial charge in [0.05, 0.1) is 11.7 Å². The van der Waals surface area contributed by atoms with Gasteiger partial charge in [-0.05, 0) is 72.4 Å². The summed E-state index contributed by atoms with van der Waals surface area (Å²) in [5.41, 5.74) is 5.48. The lowest BCUT2D eigenvalue weighted by Crippen LogP contribution is -2.30. The van der Waals surface area contributed by atoms with Gasteiger partial charge in [0.15, 0.2) is 5.11 Å². The molecule has 4 heterocycles. The van der Waals surface area contributed by atoms with E-state index in [1.54, 1.807) is 6.20 Å². The summed E-state index contributed by atoms with van der Waals surface area (Å²) in [6.45, 7) is 0.738. The van der Waals surface area contributed by atoms with Crippen molar-refractivity contribution in [1.29, 1.82) is 0 Å². The number of aromatic nitrogens is 3. The first-order chi connectivity index (χ1) is 16.1. The van der Waals surface area contributed by atoms with Crippen LogP contribution in [0, 0.1) is 0 Å². The van der Waals surface area contributed by atoms with Gasteiger partial charge in [0, 0.05) is 62.5 Å². The molecule has 1 aliphatic heterocycles. The molecule has 1 aromatic carbocycles. The Labute approximate surface area is 199 Å². The summed E-state index contributed by atoms with van der Waals surface area (Å²) in [4.78, 5) is 13.2. The highest BCUT2D eigenvalue weighted by atomic mass is 32.1. The van der Waals surface area contributed by atoms with Crippen LogP contribution in [0.2, 0.25) is 0 Å². The fourth-order valence-electron chi connectivity index (χ4n) is 4.37. The Kier molecular flexibility index (Phi) is 5.79. The molecule has 7 heteroatoms. The summed E-state index contributed by atoms with van der Waals surface area (Å²) in [5, 5.41) is 4.24. The second kappa shape index (κ2) is 9.03. The van der Waals surface area contributed by atoms with Gasteiger partial charge in [-0.15, -0.1) is 0 Å². The van der Waals surface area contributed by atoms with E-state index in [0.29, 0.717) is 5.11 Å². The Morgan fingerprint density at radius 2 is 1.82 bits per heavy atom. The van der Waals surface area contributed by atoms with Crippen molar-refractivity contribution >= 4 is 28.7 Å². The van der Waals surface area contributed by atoms with E-state index in [2.05, 4.69) is 84.4 Å². The first-order valence-corrected chi connectivity index (χ1v) is 11.3. The van der Waals surface area contributed by atoms with E-state index in [0.717, 1.165) is 29.2 Å². The fourth-order valence-corrected chi connectivity index (χ4v) is 4.72. The quantitative estimate of drug-likeness (QED) is 0.431. The van der Waals surface area contributed by atoms with Crippen LogP contribution < -0.4 is 15.1 Å². The van der Waals surface area contributed by atoms with Crippen LogP contribution in [0.1, 0.15) is 29.0 Å². The average Bonchev–Trinajstić information content (AvgIpc) is 3.44. The van der Waals surface area contributed by atoms with Gasteiger partial charge in [-0.3, -0.25) is 9.97 Å². The highest BCUT2D eigenvalue weighted by Crippen LogP contribution is 2.42. The van der Waals surface area contributed by atoms with Crippen molar-refractivity contribution in [3.63, 3.8) is 0 Å². The highest BCUT2D eigenvalue weighted by Gasteiger charge is 2.42. The lowest BCUT2D eigenvalue weighted by atomic mass is 10.0. The number of benzene rings is 1. The minimum Gasteiger partial charge on any atom is -0.378 e. The summed E-state index contributed by atoms with van der Waals surface area (Å²) in [6.07, 6.45) is 7.66. The summed E-state index contributed by atoms with van der Waals surface area (Å²) in [6, 6.07) is 22.7. The molecule has 1 aliphatic rings. The van der Waals surface area contributed by atoms with Crippen LogP contribution in [0.15, 0.2) is 91.5 Å². The molecule has 0 amide bonds. The number of pyridine rings is 2. The Hall–Kier alpha value is -3.71. The van der Waals surface area contributed by atoms with Crippen LogP contribution in [-0.2, 0) is 6.54 Å². The maximum atomic E-state index is 5.87. The number of hydrogen-bond acceptors (Lipinski definition) is 4. The van der Waals surface area contributed by atoms with E-state index in [9.17, 15) is 0 Å².